The third-order valence-corrected chi connectivity index (χ3v) is 5.07. The lowest BCUT2D eigenvalue weighted by molar-refractivity contribution is 0.554. The smallest absolute Gasteiger partial charge is 0.185 e. The van der Waals surface area contributed by atoms with Gasteiger partial charge in [0.05, 0.1) is 10.9 Å². The summed E-state index contributed by atoms with van der Waals surface area (Å²) in [5.74, 6) is 0.675. The predicted molar refractivity (Wildman–Crippen MR) is 90.1 cm³/mol. The Morgan fingerprint density at radius 2 is 2.10 bits per heavy atom. The Hall–Kier alpha value is -0.620. The highest BCUT2D eigenvalue weighted by atomic mass is 35.5. The van der Waals surface area contributed by atoms with Crippen LogP contribution in [0.25, 0.3) is 0 Å². The third kappa shape index (κ3) is 4.74. The Balaban J connectivity index is 1.87. The van der Waals surface area contributed by atoms with E-state index in [-0.39, 0.29) is 0 Å². The minimum atomic E-state index is 0.675. The van der Waals surface area contributed by atoms with Gasteiger partial charge in [-0.3, -0.25) is 0 Å². The fourth-order valence-corrected chi connectivity index (χ4v) is 3.76. The Kier molecular flexibility index (Phi) is 5.84. The van der Waals surface area contributed by atoms with Crippen LogP contribution in [0.3, 0.4) is 0 Å². The molecule has 3 nitrogen and oxygen atoms in total. The molecule has 110 valence electrons. The zero-order chi connectivity index (χ0) is 14.5. The monoisotopic (exact) mass is 329 g/mol. The van der Waals surface area contributed by atoms with Gasteiger partial charge in [-0.2, -0.15) is 0 Å². The van der Waals surface area contributed by atoms with Crippen LogP contribution in [-0.4, -0.2) is 18.6 Å². The molecule has 0 saturated carbocycles. The maximum absolute atomic E-state index is 5.96. The first-order valence-electron chi connectivity index (χ1n) is 6.65. The van der Waals surface area contributed by atoms with Crippen LogP contribution in [0.5, 0.6) is 0 Å². The predicted octanol–water partition coefficient (Wildman–Crippen LogP) is 4.24. The van der Waals surface area contributed by atoms with Crippen molar-refractivity contribution in [1.29, 1.82) is 0 Å². The first kappa shape index (κ1) is 15.8. The van der Waals surface area contributed by atoms with Gasteiger partial charge in [-0.25, -0.2) is 4.98 Å². The Bertz CT molecular complexity index is 536. The second-order valence-corrected chi connectivity index (χ2v) is 8.09. The number of thiophene rings is 1. The van der Waals surface area contributed by atoms with Gasteiger partial charge in [0.2, 0.25) is 0 Å². The van der Waals surface area contributed by atoms with Crippen molar-refractivity contribution >= 4 is 39.4 Å². The maximum Gasteiger partial charge on any atom is 0.185 e. The molecule has 2 rings (SSSR count). The molecular weight excluding hydrogens is 310 g/mol. The van der Waals surface area contributed by atoms with E-state index >= 15 is 0 Å². The van der Waals surface area contributed by atoms with Gasteiger partial charge in [0.1, 0.15) is 0 Å². The van der Waals surface area contributed by atoms with Crippen molar-refractivity contribution in [3.8, 4) is 0 Å². The molecule has 0 unspecified atom stereocenters. The molecule has 20 heavy (non-hydrogen) atoms. The number of aromatic nitrogens is 1. The summed E-state index contributed by atoms with van der Waals surface area (Å²) in [4.78, 5) is 9.19. The van der Waals surface area contributed by atoms with Gasteiger partial charge in [-0.15, -0.1) is 22.7 Å². The highest BCUT2D eigenvalue weighted by Gasteiger charge is 2.09. The van der Waals surface area contributed by atoms with Gasteiger partial charge in [-0.05, 0) is 24.6 Å². The average Bonchev–Trinajstić information content (AvgIpc) is 2.98. The van der Waals surface area contributed by atoms with E-state index in [4.69, 9.17) is 11.6 Å². The number of nitrogens with one attached hydrogen (secondary N) is 1. The van der Waals surface area contributed by atoms with Gasteiger partial charge >= 0.3 is 0 Å². The third-order valence-electron chi connectivity index (χ3n) is 2.74. The highest BCUT2D eigenvalue weighted by molar-refractivity contribution is 7.16. The van der Waals surface area contributed by atoms with E-state index < -0.39 is 0 Å². The Morgan fingerprint density at radius 1 is 1.30 bits per heavy atom. The van der Waals surface area contributed by atoms with Gasteiger partial charge < -0.3 is 10.2 Å². The number of hydrogen-bond acceptors (Lipinski definition) is 5. The van der Waals surface area contributed by atoms with Crippen molar-refractivity contribution < 1.29 is 0 Å². The molecule has 1 N–H and O–H groups in total. The van der Waals surface area contributed by atoms with Gasteiger partial charge in [0.25, 0.3) is 0 Å². The second kappa shape index (κ2) is 7.41. The van der Waals surface area contributed by atoms with Crippen LogP contribution in [0.1, 0.15) is 23.6 Å². The average molecular weight is 330 g/mol. The van der Waals surface area contributed by atoms with Crippen LogP contribution in [0.4, 0.5) is 5.13 Å². The van der Waals surface area contributed by atoms with Crippen LogP contribution in [-0.2, 0) is 13.1 Å². The lowest BCUT2D eigenvalue weighted by atomic mass is 10.2. The van der Waals surface area contributed by atoms with Crippen molar-refractivity contribution in [1.82, 2.24) is 10.3 Å². The summed E-state index contributed by atoms with van der Waals surface area (Å²) in [7, 11) is 2.07. The molecule has 0 spiro atoms. The van der Waals surface area contributed by atoms with Crippen LogP contribution < -0.4 is 10.2 Å². The molecule has 0 radical (unpaired) electrons. The lowest BCUT2D eigenvalue weighted by Crippen LogP contribution is -2.18. The minimum Gasteiger partial charge on any atom is -0.346 e. The topological polar surface area (TPSA) is 28.2 Å². The van der Waals surface area contributed by atoms with Crippen molar-refractivity contribution in [2.45, 2.75) is 26.9 Å². The van der Waals surface area contributed by atoms with E-state index in [1.807, 2.05) is 12.3 Å². The number of thiazole rings is 1. The molecule has 0 bridgehead atoms. The van der Waals surface area contributed by atoms with Crippen molar-refractivity contribution in [2.24, 2.45) is 5.92 Å². The van der Waals surface area contributed by atoms with Gasteiger partial charge in [0.15, 0.2) is 5.13 Å². The van der Waals surface area contributed by atoms with E-state index in [0.717, 1.165) is 29.1 Å². The van der Waals surface area contributed by atoms with Crippen molar-refractivity contribution in [3.63, 3.8) is 0 Å². The first-order valence-corrected chi connectivity index (χ1v) is 8.66. The largest absolute Gasteiger partial charge is 0.346 e. The molecule has 6 heteroatoms. The summed E-state index contributed by atoms with van der Waals surface area (Å²) in [6.07, 6.45) is 1.96. The molecule has 2 aromatic heterocycles. The molecule has 0 atom stereocenters. The molecule has 0 aliphatic carbocycles. The van der Waals surface area contributed by atoms with Gasteiger partial charge in [-0.1, -0.05) is 25.4 Å². The van der Waals surface area contributed by atoms with Crippen LogP contribution in [0, 0.1) is 5.92 Å². The fraction of sp³-hybridized carbons (Fsp3) is 0.500. The second-order valence-electron chi connectivity index (χ2n) is 5.20. The zero-order valence-corrected chi connectivity index (χ0v) is 14.4. The molecular formula is C14H20ClN3S2. The highest BCUT2D eigenvalue weighted by Crippen LogP contribution is 2.26. The van der Waals surface area contributed by atoms with Crippen LogP contribution >= 0.6 is 34.3 Å². The number of nitrogens with zero attached hydrogens (tertiary/aromatic N) is 2. The summed E-state index contributed by atoms with van der Waals surface area (Å²) in [5, 5.41) is 4.49. The normalized spacial score (nSPS) is 11.2. The number of anilines is 1. The lowest BCUT2D eigenvalue weighted by Gasteiger charge is -2.14. The SMILES string of the molecule is CC(C)CNCc1cnc(N(C)Cc2ccc(Cl)s2)s1. The molecule has 0 aliphatic rings. The molecule has 0 fully saturated rings. The summed E-state index contributed by atoms with van der Waals surface area (Å²) in [5.41, 5.74) is 0. The number of halogens is 1. The zero-order valence-electron chi connectivity index (χ0n) is 12.0. The summed E-state index contributed by atoms with van der Waals surface area (Å²) >= 11 is 9.32. The quantitative estimate of drug-likeness (QED) is 0.823. The number of rotatable bonds is 7. The van der Waals surface area contributed by atoms with Gasteiger partial charge in [0, 0.05) is 29.5 Å². The molecule has 0 saturated heterocycles. The Labute approximate surface area is 133 Å². The first-order chi connectivity index (χ1) is 9.54. The molecule has 0 aromatic carbocycles. The maximum atomic E-state index is 5.96. The van der Waals surface area contributed by atoms with E-state index in [2.05, 4.69) is 42.2 Å². The summed E-state index contributed by atoms with van der Waals surface area (Å²) < 4.78 is 0.839. The Morgan fingerprint density at radius 3 is 2.75 bits per heavy atom. The van der Waals surface area contributed by atoms with E-state index in [1.54, 1.807) is 22.7 Å². The molecule has 0 aliphatic heterocycles. The molecule has 2 heterocycles. The molecule has 0 amide bonds. The van der Waals surface area contributed by atoms with Crippen LogP contribution in [0.15, 0.2) is 18.3 Å². The van der Waals surface area contributed by atoms with Crippen molar-refractivity contribution in [2.75, 3.05) is 18.5 Å². The van der Waals surface area contributed by atoms with E-state index in [9.17, 15) is 0 Å². The summed E-state index contributed by atoms with van der Waals surface area (Å²) in [6, 6.07) is 4.01. The standard InChI is InChI=1S/C14H20ClN3S2/c1-10(2)6-16-7-12-8-17-14(20-12)18(3)9-11-4-5-13(15)19-11/h4-5,8,10,16H,6-7,9H2,1-3H3. The molecule has 2 aromatic rings. The number of hydrogen-bond donors (Lipinski definition) is 1. The van der Waals surface area contributed by atoms with E-state index in [0.29, 0.717) is 5.92 Å². The van der Waals surface area contributed by atoms with E-state index in [1.165, 1.54) is 9.75 Å². The van der Waals surface area contributed by atoms with Crippen LogP contribution in [0.2, 0.25) is 4.34 Å². The summed E-state index contributed by atoms with van der Waals surface area (Å²) in [6.45, 7) is 7.21. The minimum absolute atomic E-state index is 0.675. The fourth-order valence-electron chi connectivity index (χ4n) is 1.78. The van der Waals surface area contributed by atoms with Crippen molar-refractivity contribution in [3.05, 3.63) is 32.4 Å².